The molecule has 2 N–H and O–H groups in total. The second-order valence-corrected chi connectivity index (χ2v) is 4.24. The highest BCUT2D eigenvalue weighted by atomic mass is 35.5. The SMILES string of the molecule is CNCC(C)C(=O)NCc1ccc(Cl)cc1. The first-order valence-corrected chi connectivity index (χ1v) is 5.68. The van der Waals surface area contributed by atoms with Crippen LogP contribution in [0.5, 0.6) is 0 Å². The Morgan fingerprint density at radius 2 is 2.00 bits per heavy atom. The lowest BCUT2D eigenvalue weighted by Crippen LogP contribution is -2.33. The predicted molar refractivity (Wildman–Crippen MR) is 66.4 cm³/mol. The molecule has 4 heteroatoms. The van der Waals surface area contributed by atoms with Crippen LogP contribution in [0.3, 0.4) is 0 Å². The Morgan fingerprint density at radius 3 is 2.56 bits per heavy atom. The summed E-state index contributed by atoms with van der Waals surface area (Å²) in [4.78, 5) is 11.6. The molecule has 16 heavy (non-hydrogen) atoms. The van der Waals surface area contributed by atoms with Crippen molar-refractivity contribution in [3.8, 4) is 0 Å². The second kappa shape index (κ2) is 6.51. The van der Waals surface area contributed by atoms with E-state index in [0.717, 1.165) is 5.56 Å². The molecule has 3 nitrogen and oxygen atoms in total. The summed E-state index contributed by atoms with van der Waals surface area (Å²) >= 11 is 5.77. The third-order valence-corrected chi connectivity index (χ3v) is 2.59. The lowest BCUT2D eigenvalue weighted by molar-refractivity contribution is -0.124. The molecule has 0 aliphatic carbocycles. The molecule has 0 aliphatic rings. The monoisotopic (exact) mass is 240 g/mol. The van der Waals surface area contributed by atoms with Crippen LogP contribution in [-0.4, -0.2) is 19.5 Å². The first-order chi connectivity index (χ1) is 7.63. The average Bonchev–Trinajstić information content (AvgIpc) is 2.28. The van der Waals surface area contributed by atoms with E-state index in [0.29, 0.717) is 18.1 Å². The molecule has 0 saturated carbocycles. The highest BCUT2D eigenvalue weighted by Crippen LogP contribution is 2.09. The van der Waals surface area contributed by atoms with Gasteiger partial charge >= 0.3 is 0 Å². The highest BCUT2D eigenvalue weighted by Gasteiger charge is 2.10. The van der Waals surface area contributed by atoms with Crippen molar-refractivity contribution in [2.75, 3.05) is 13.6 Å². The molecule has 0 saturated heterocycles. The molecule has 1 aromatic rings. The van der Waals surface area contributed by atoms with Gasteiger partial charge in [0.25, 0.3) is 0 Å². The van der Waals surface area contributed by atoms with Crippen LogP contribution < -0.4 is 10.6 Å². The molecule has 1 atom stereocenters. The Balaban J connectivity index is 2.39. The topological polar surface area (TPSA) is 41.1 Å². The van der Waals surface area contributed by atoms with Gasteiger partial charge in [-0.3, -0.25) is 4.79 Å². The Bertz CT molecular complexity index is 337. The van der Waals surface area contributed by atoms with Crippen molar-refractivity contribution in [2.45, 2.75) is 13.5 Å². The van der Waals surface area contributed by atoms with Gasteiger partial charge in [-0.1, -0.05) is 30.7 Å². The van der Waals surface area contributed by atoms with E-state index in [9.17, 15) is 4.79 Å². The van der Waals surface area contributed by atoms with E-state index in [1.807, 2.05) is 38.2 Å². The van der Waals surface area contributed by atoms with Gasteiger partial charge in [-0.25, -0.2) is 0 Å². The number of benzene rings is 1. The number of amides is 1. The van der Waals surface area contributed by atoms with Gasteiger partial charge in [-0.05, 0) is 24.7 Å². The minimum atomic E-state index is -0.0164. The van der Waals surface area contributed by atoms with Crippen molar-refractivity contribution in [1.82, 2.24) is 10.6 Å². The Kier molecular flexibility index (Phi) is 5.29. The average molecular weight is 241 g/mol. The van der Waals surface area contributed by atoms with Gasteiger partial charge < -0.3 is 10.6 Å². The van der Waals surface area contributed by atoms with Crippen LogP contribution in [0.15, 0.2) is 24.3 Å². The lowest BCUT2D eigenvalue weighted by atomic mass is 10.1. The molecule has 0 radical (unpaired) electrons. The third-order valence-electron chi connectivity index (χ3n) is 2.34. The summed E-state index contributed by atoms with van der Waals surface area (Å²) in [5.41, 5.74) is 1.05. The molecule has 1 unspecified atom stereocenters. The maximum atomic E-state index is 11.6. The second-order valence-electron chi connectivity index (χ2n) is 3.80. The first-order valence-electron chi connectivity index (χ1n) is 5.30. The van der Waals surface area contributed by atoms with Gasteiger partial charge in [0, 0.05) is 24.0 Å². The molecule has 0 heterocycles. The minimum Gasteiger partial charge on any atom is -0.352 e. The van der Waals surface area contributed by atoms with Crippen molar-refractivity contribution >= 4 is 17.5 Å². The highest BCUT2D eigenvalue weighted by molar-refractivity contribution is 6.30. The lowest BCUT2D eigenvalue weighted by Gasteiger charge is -2.11. The van der Waals surface area contributed by atoms with Crippen LogP contribution in [0.2, 0.25) is 5.02 Å². The van der Waals surface area contributed by atoms with Gasteiger partial charge in [0.05, 0.1) is 0 Å². The molecule has 1 aromatic carbocycles. The first kappa shape index (κ1) is 13.0. The summed E-state index contributed by atoms with van der Waals surface area (Å²) in [6.07, 6.45) is 0. The van der Waals surface area contributed by atoms with Gasteiger partial charge in [0.2, 0.25) is 5.91 Å². The van der Waals surface area contributed by atoms with E-state index in [1.54, 1.807) is 0 Å². The standard InChI is InChI=1S/C12H17ClN2O/c1-9(7-14-2)12(16)15-8-10-3-5-11(13)6-4-10/h3-6,9,14H,7-8H2,1-2H3,(H,15,16). The zero-order chi connectivity index (χ0) is 12.0. The number of hydrogen-bond donors (Lipinski definition) is 2. The van der Waals surface area contributed by atoms with Crippen LogP contribution in [0.4, 0.5) is 0 Å². The van der Waals surface area contributed by atoms with Crippen molar-refractivity contribution in [2.24, 2.45) is 5.92 Å². The molecular weight excluding hydrogens is 224 g/mol. The number of halogens is 1. The molecular formula is C12H17ClN2O. The van der Waals surface area contributed by atoms with E-state index in [4.69, 9.17) is 11.6 Å². The molecule has 1 amide bonds. The molecule has 88 valence electrons. The zero-order valence-corrected chi connectivity index (χ0v) is 10.3. The number of carbonyl (C=O) groups excluding carboxylic acids is 1. The summed E-state index contributed by atoms with van der Waals surface area (Å²) in [5, 5.41) is 6.56. The largest absolute Gasteiger partial charge is 0.352 e. The van der Waals surface area contributed by atoms with Crippen LogP contribution in [-0.2, 0) is 11.3 Å². The van der Waals surface area contributed by atoms with Crippen molar-refractivity contribution in [3.63, 3.8) is 0 Å². The van der Waals surface area contributed by atoms with Crippen LogP contribution >= 0.6 is 11.6 Å². The zero-order valence-electron chi connectivity index (χ0n) is 9.59. The number of carbonyl (C=O) groups is 1. The van der Waals surface area contributed by atoms with Gasteiger partial charge in [0.15, 0.2) is 0 Å². The van der Waals surface area contributed by atoms with E-state index in [2.05, 4.69) is 10.6 Å². The molecule has 0 aromatic heterocycles. The normalized spacial score (nSPS) is 12.2. The number of rotatable bonds is 5. The molecule has 0 aliphatic heterocycles. The number of nitrogens with one attached hydrogen (secondary N) is 2. The molecule has 0 fully saturated rings. The predicted octanol–water partition coefficient (Wildman–Crippen LogP) is 1.81. The quantitative estimate of drug-likeness (QED) is 0.824. The smallest absolute Gasteiger partial charge is 0.224 e. The van der Waals surface area contributed by atoms with Crippen molar-refractivity contribution < 1.29 is 4.79 Å². The Hall–Kier alpha value is -1.06. The van der Waals surface area contributed by atoms with Crippen LogP contribution in [0.25, 0.3) is 0 Å². The summed E-state index contributed by atoms with van der Waals surface area (Å²) in [7, 11) is 1.84. The van der Waals surface area contributed by atoms with Gasteiger partial charge in [-0.15, -0.1) is 0 Å². The van der Waals surface area contributed by atoms with E-state index >= 15 is 0 Å². The molecule has 0 spiro atoms. The van der Waals surface area contributed by atoms with E-state index in [-0.39, 0.29) is 11.8 Å². The fraction of sp³-hybridized carbons (Fsp3) is 0.417. The summed E-state index contributed by atoms with van der Waals surface area (Å²) in [6.45, 7) is 3.13. The Labute approximate surface area is 101 Å². The summed E-state index contributed by atoms with van der Waals surface area (Å²) in [5.74, 6) is 0.0431. The number of hydrogen-bond acceptors (Lipinski definition) is 2. The van der Waals surface area contributed by atoms with Crippen molar-refractivity contribution in [1.29, 1.82) is 0 Å². The van der Waals surface area contributed by atoms with Crippen LogP contribution in [0.1, 0.15) is 12.5 Å². The van der Waals surface area contributed by atoms with Crippen molar-refractivity contribution in [3.05, 3.63) is 34.9 Å². The fourth-order valence-corrected chi connectivity index (χ4v) is 1.49. The van der Waals surface area contributed by atoms with Crippen LogP contribution in [0, 0.1) is 5.92 Å². The fourth-order valence-electron chi connectivity index (χ4n) is 1.36. The maximum absolute atomic E-state index is 11.6. The molecule has 1 rings (SSSR count). The molecule has 0 bridgehead atoms. The third kappa shape index (κ3) is 4.21. The van der Waals surface area contributed by atoms with Gasteiger partial charge in [0.1, 0.15) is 0 Å². The minimum absolute atomic E-state index is 0.0164. The summed E-state index contributed by atoms with van der Waals surface area (Å²) in [6, 6.07) is 7.46. The van der Waals surface area contributed by atoms with E-state index in [1.165, 1.54) is 0 Å². The maximum Gasteiger partial charge on any atom is 0.224 e. The Morgan fingerprint density at radius 1 is 1.38 bits per heavy atom. The van der Waals surface area contributed by atoms with Gasteiger partial charge in [-0.2, -0.15) is 0 Å². The summed E-state index contributed by atoms with van der Waals surface area (Å²) < 4.78 is 0. The van der Waals surface area contributed by atoms with E-state index < -0.39 is 0 Å².